The Labute approximate surface area is 366 Å². The predicted molar refractivity (Wildman–Crippen MR) is 248 cm³/mol. The molecule has 0 aliphatic rings. The summed E-state index contributed by atoms with van der Waals surface area (Å²) in [5, 5.41) is 36.8. The fraction of sp³-hybridized carbons (Fsp3) is 0.354. The minimum atomic E-state index is -1.08. The third kappa shape index (κ3) is 23.3. The van der Waals surface area contributed by atoms with Gasteiger partial charge in [0, 0.05) is 43.1 Å². The number of benzene rings is 3. The van der Waals surface area contributed by atoms with Crippen LogP contribution in [0.25, 0.3) is 10.9 Å². The molecule has 3 aromatic carbocycles. The first kappa shape index (κ1) is 55.5. The number of aliphatic hydroxyl groups excluding tert-OH is 2. The van der Waals surface area contributed by atoms with E-state index in [0.29, 0.717) is 12.7 Å². The Bertz CT molecular complexity index is 1940. The molecule has 338 valence electrons. The van der Waals surface area contributed by atoms with Gasteiger partial charge in [0.2, 0.25) is 24.1 Å². The standard InChI is InChI=1S/C32H33N5O6.C10H17NO.C3H8.C2H6.CH4O/c38-19-24(14-22-10-12-25(40)13-11-22)36-30(41)18-34-31(42)29(16-23-17-33-27-9-5-4-8-26(23)27)37-32(43)28(35-20-39)15-21-6-2-1-3-7-21;1-3-6-10(12)8-5-4-7-9(2)11;1-3-2;2*1-2/h1-13,17,19-20,24,28-29,33,40H,14-16,18H2,(H,34,42)(H,35,39)(H,36,41)(H,37,43);3-6,8-9,12H,7,11H2,1-2H3;3H2,1-2H3;1-2H3;2H,1H3/b;5-4+,6-3-,10-8+;;;/t24?,28-,29?;;;;/m0..../s1. The van der Waals surface area contributed by atoms with Gasteiger partial charge in [-0.1, -0.05) is 113 Å². The number of aliphatic hydroxyl groups is 2. The van der Waals surface area contributed by atoms with E-state index in [2.05, 4.69) is 40.1 Å². The number of fused-ring (bicyclic) bond motifs is 1. The third-order valence-corrected chi connectivity index (χ3v) is 8.17. The second-order valence-electron chi connectivity index (χ2n) is 13.5. The van der Waals surface area contributed by atoms with Gasteiger partial charge in [0.25, 0.3) is 0 Å². The maximum atomic E-state index is 13.4. The minimum absolute atomic E-state index is 0.0840. The lowest BCUT2D eigenvalue weighted by atomic mass is 10.0. The van der Waals surface area contributed by atoms with Crippen LogP contribution in [0.1, 0.15) is 71.1 Å². The van der Waals surface area contributed by atoms with E-state index < -0.39 is 42.4 Å². The van der Waals surface area contributed by atoms with Gasteiger partial charge in [-0.15, -0.1) is 0 Å². The number of carbonyl (C=O) groups is 5. The number of aromatic hydroxyl groups is 1. The Morgan fingerprint density at radius 3 is 2.03 bits per heavy atom. The lowest BCUT2D eigenvalue weighted by molar-refractivity contribution is -0.131. The van der Waals surface area contributed by atoms with Gasteiger partial charge in [-0.2, -0.15) is 0 Å². The number of phenolic OH excluding ortho intramolecular Hbond substituents is 1. The SMILES string of the molecule is CC.CCC.CO.C\C=C/C(O)=C\C=C\CC(C)N.O=CN[C@@H](Cc1ccccc1)C(=O)NC(Cc1c[nH]c2ccccc12)C(=O)NCC(=O)NC(C=O)Cc1ccc(O)cc1. The van der Waals surface area contributed by atoms with Crippen LogP contribution in [0.3, 0.4) is 0 Å². The first-order valence-corrected chi connectivity index (χ1v) is 20.7. The summed E-state index contributed by atoms with van der Waals surface area (Å²) in [6.45, 7) is 11.6. The highest BCUT2D eigenvalue weighted by Crippen LogP contribution is 2.19. The van der Waals surface area contributed by atoms with Crippen molar-refractivity contribution in [3.8, 4) is 5.75 Å². The van der Waals surface area contributed by atoms with Crippen molar-refractivity contribution in [3.63, 3.8) is 0 Å². The maximum Gasteiger partial charge on any atom is 0.243 e. The number of aromatic amines is 1. The Kier molecular flexibility index (Phi) is 30.6. The molecule has 0 aliphatic heterocycles. The number of allylic oxidation sites excluding steroid dienone is 4. The molecule has 4 atom stereocenters. The first-order chi connectivity index (χ1) is 29.9. The van der Waals surface area contributed by atoms with E-state index in [1.165, 1.54) is 18.6 Å². The van der Waals surface area contributed by atoms with Gasteiger partial charge >= 0.3 is 0 Å². The number of nitrogens with two attached hydrogens (primary N) is 1. The molecule has 1 heterocycles. The zero-order chi connectivity index (χ0) is 46.7. The van der Waals surface area contributed by atoms with Gasteiger partial charge in [0.15, 0.2) is 0 Å². The number of aromatic nitrogens is 1. The van der Waals surface area contributed by atoms with Gasteiger partial charge < -0.3 is 52.1 Å². The molecule has 62 heavy (non-hydrogen) atoms. The van der Waals surface area contributed by atoms with E-state index in [4.69, 9.17) is 15.9 Å². The highest BCUT2D eigenvalue weighted by atomic mass is 16.3. The molecule has 14 heteroatoms. The second-order valence-corrected chi connectivity index (χ2v) is 13.5. The fourth-order valence-electron chi connectivity index (χ4n) is 5.41. The number of nitrogens with one attached hydrogen (secondary N) is 5. The molecule has 3 unspecified atom stereocenters. The largest absolute Gasteiger partial charge is 0.508 e. The number of para-hydroxylation sites is 1. The van der Waals surface area contributed by atoms with Gasteiger partial charge in [0.05, 0.1) is 12.6 Å². The quantitative estimate of drug-likeness (QED) is 0.0322. The van der Waals surface area contributed by atoms with Gasteiger partial charge in [-0.3, -0.25) is 19.2 Å². The van der Waals surface area contributed by atoms with E-state index in [9.17, 15) is 29.1 Å². The molecule has 10 N–H and O–H groups in total. The van der Waals surface area contributed by atoms with Crippen LogP contribution in [0.2, 0.25) is 0 Å². The average molecular weight is 857 g/mol. The molecule has 0 spiro atoms. The van der Waals surface area contributed by atoms with Crippen LogP contribution in [0.4, 0.5) is 0 Å². The maximum absolute atomic E-state index is 13.4. The monoisotopic (exact) mass is 857 g/mol. The summed E-state index contributed by atoms with van der Waals surface area (Å²) in [6, 6.07) is 20.2. The number of rotatable bonds is 19. The van der Waals surface area contributed by atoms with Crippen molar-refractivity contribution in [2.45, 2.75) is 97.8 Å². The molecular formula is C48H68N6O8. The van der Waals surface area contributed by atoms with Crippen molar-refractivity contribution in [2.75, 3.05) is 13.7 Å². The molecule has 4 aromatic rings. The summed E-state index contributed by atoms with van der Waals surface area (Å²) in [5.74, 6) is -1.42. The molecule has 4 amide bonds. The molecule has 1 aromatic heterocycles. The lowest BCUT2D eigenvalue weighted by Gasteiger charge is -2.22. The number of hydrogen-bond acceptors (Lipinski definition) is 9. The van der Waals surface area contributed by atoms with E-state index in [1.807, 2.05) is 88.4 Å². The third-order valence-electron chi connectivity index (χ3n) is 8.17. The molecule has 0 saturated heterocycles. The van der Waals surface area contributed by atoms with Crippen molar-refractivity contribution < 1.29 is 39.3 Å². The molecular weight excluding hydrogens is 789 g/mol. The molecule has 14 nitrogen and oxygen atoms in total. The van der Waals surface area contributed by atoms with Crippen molar-refractivity contribution in [3.05, 3.63) is 138 Å². The number of aldehydes is 1. The van der Waals surface area contributed by atoms with Gasteiger partial charge in [0.1, 0.15) is 29.9 Å². The van der Waals surface area contributed by atoms with Crippen LogP contribution in [0.15, 0.2) is 121 Å². The molecule has 0 saturated carbocycles. The van der Waals surface area contributed by atoms with Crippen molar-refractivity contribution in [1.29, 1.82) is 0 Å². The van der Waals surface area contributed by atoms with Crippen LogP contribution in [0, 0.1) is 0 Å². The van der Waals surface area contributed by atoms with Crippen LogP contribution in [0.5, 0.6) is 5.75 Å². The Morgan fingerprint density at radius 2 is 1.44 bits per heavy atom. The number of phenols is 1. The van der Waals surface area contributed by atoms with E-state index in [0.717, 1.165) is 41.1 Å². The summed E-state index contributed by atoms with van der Waals surface area (Å²) in [4.78, 5) is 65.3. The van der Waals surface area contributed by atoms with Gasteiger partial charge in [-0.05, 0) is 73.7 Å². The fourth-order valence-corrected chi connectivity index (χ4v) is 5.41. The smallest absolute Gasteiger partial charge is 0.243 e. The van der Waals surface area contributed by atoms with Crippen LogP contribution >= 0.6 is 0 Å². The number of amides is 4. The van der Waals surface area contributed by atoms with Crippen molar-refractivity contribution in [1.82, 2.24) is 26.3 Å². The normalized spacial score (nSPS) is 12.5. The average Bonchev–Trinajstić information content (AvgIpc) is 3.69. The number of hydrogen-bond donors (Lipinski definition) is 9. The number of carbonyl (C=O) groups excluding carboxylic acids is 5. The van der Waals surface area contributed by atoms with E-state index in [-0.39, 0.29) is 36.8 Å². The summed E-state index contributed by atoms with van der Waals surface area (Å²) in [7, 11) is 1.00. The Morgan fingerprint density at radius 1 is 0.823 bits per heavy atom. The van der Waals surface area contributed by atoms with Gasteiger partial charge in [-0.25, -0.2) is 0 Å². The minimum Gasteiger partial charge on any atom is -0.508 e. The molecule has 0 aliphatic carbocycles. The lowest BCUT2D eigenvalue weighted by Crippen LogP contribution is -2.55. The number of H-pyrrole nitrogens is 1. The van der Waals surface area contributed by atoms with Crippen molar-refractivity contribution >= 4 is 41.3 Å². The van der Waals surface area contributed by atoms with E-state index >= 15 is 0 Å². The van der Waals surface area contributed by atoms with Crippen LogP contribution in [-0.2, 0) is 43.2 Å². The Balaban J connectivity index is 0.00000165. The molecule has 0 bridgehead atoms. The van der Waals surface area contributed by atoms with Crippen LogP contribution in [-0.4, -0.2) is 88.5 Å². The summed E-state index contributed by atoms with van der Waals surface area (Å²) in [5.41, 5.74) is 8.71. The zero-order valence-electron chi connectivity index (χ0n) is 37.1. The van der Waals surface area contributed by atoms with E-state index in [1.54, 1.807) is 42.6 Å². The first-order valence-electron chi connectivity index (χ1n) is 20.7. The molecule has 4 rings (SSSR count). The van der Waals surface area contributed by atoms with Crippen LogP contribution < -0.4 is 27.0 Å². The van der Waals surface area contributed by atoms with Crippen molar-refractivity contribution in [2.24, 2.45) is 5.73 Å². The zero-order valence-corrected chi connectivity index (χ0v) is 37.1. The highest BCUT2D eigenvalue weighted by molar-refractivity contribution is 5.93. The summed E-state index contributed by atoms with van der Waals surface area (Å²) >= 11 is 0. The second kappa shape index (κ2) is 34.2. The highest BCUT2D eigenvalue weighted by Gasteiger charge is 2.27. The summed E-state index contributed by atoms with van der Waals surface area (Å²) in [6.07, 6.45) is 14.2. The topological polar surface area (TPSA) is 236 Å². The Hall–Kier alpha value is -6.51. The molecule has 0 fully saturated rings. The summed E-state index contributed by atoms with van der Waals surface area (Å²) < 4.78 is 0. The predicted octanol–water partition coefficient (Wildman–Crippen LogP) is 5.65. The molecule has 0 radical (unpaired) electrons.